The number of ether oxygens (including phenoxy) is 1. The van der Waals surface area contributed by atoms with Crippen LogP contribution in [0.3, 0.4) is 0 Å². The van der Waals surface area contributed by atoms with E-state index in [-0.39, 0.29) is 0 Å². The molecular weight excluding hydrogens is 255 g/mol. The molecule has 88 valence electrons. The third-order valence-electron chi connectivity index (χ3n) is 2.51. The van der Waals surface area contributed by atoms with Crippen LogP contribution in [0.25, 0.3) is 0 Å². The van der Waals surface area contributed by atoms with Crippen LogP contribution in [0.15, 0.2) is 42.5 Å². The molecule has 0 aliphatic heterocycles. The predicted octanol–water partition coefficient (Wildman–Crippen LogP) is 5.18. The molecule has 2 aromatic rings. The largest absolute Gasteiger partial charge is 0.457 e. The van der Waals surface area contributed by atoms with Gasteiger partial charge in [-0.1, -0.05) is 17.7 Å². The highest BCUT2D eigenvalue weighted by atomic mass is 35.5. The number of rotatable bonds is 3. The molecule has 0 amide bonds. The van der Waals surface area contributed by atoms with E-state index in [1.165, 1.54) is 0 Å². The van der Waals surface area contributed by atoms with Crippen LogP contribution < -0.4 is 4.74 Å². The van der Waals surface area contributed by atoms with Crippen molar-refractivity contribution >= 4 is 23.2 Å². The van der Waals surface area contributed by atoms with E-state index in [1.54, 1.807) is 12.1 Å². The Morgan fingerprint density at radius 2 is 1.65 bits per heavy atom. The normalized spacial score (nSPS) is 10.3. The molecule has 0 atom stereocenters. The van der Waals surface area contributed by atoms with Crippen molar-refractivity contribution in [1.82, 2.24) is 0 Å². The summed E-state index contributed by atoms with van der Waals surface area (Å²) in [5.41, 5.74) is 2.25. The van der Waals surface area contributed by atoms with Crippen LogP contribution in [0, 0.1) is 6.92 Å². The smallest absolute Gasteiger partial charge is 0.127 e. The molecule has 17 heavy (non-hydrogen) atoms. The van der Waals surface area contributed by atoms with Gasteiger partial charge in [-0.3, -0.25) is 0 Å². The molecular formula is C14H12Cl2O. The molecule has 0 spiro atoms. The molecule has 0 aliphatic carbocycles. The Morgan fingerprint density at radius 1 is 1.00 bits per heavy atom. The van der Waals surface area contributed by atoms with E-state index in [0.29, 0.717) is 10.9 Å². The minimum atomic E-state index is 0.521. The van der Waals surface area contributed by atoms with Gasteiger partial charge in [-0.25, -0.2) is 0 Å². The van der Waals surface area contributed by atoms with Gasteiger partial charge in [0, 0.05) is 10.9 Å². The number of benzene rings is 2. The Balaban J connectivity index is 2.19. The van der Waals surface area contributed by atoms with Crippen molar-refractivity contribution in [1.29, 1.82) is 0 Å². The molecule has 1 nitrogen and oxygen atoms in total. The van der Waals surface area contributed by atoms with Gasteiger partial charge in [0.2, 0.25) is 0 Å². The first kappa shape index (κ1) is 12.3. The highest BCUT2D eigenvalue weighted by Gasteiger charge is 2.01. The lowest BCUT2D eigenvalue weighted by Gasteiger charge is -2.08. The second-order valence-electron chi connectivity index (χ2n) is 3.78. The van der Waals surface area contributed by atoms with E-state index in [2.05, 4.69) is 0 Å². The van der Waals surface area contributed by atoms with Crippen molar-refractivity contribution in [3.63, 3.8) is 0 Å². The van der Waals surface area contributed by atoms with Crippen molar-refractivity contribution < 1.29 is 4.74 Å². The van der Waals surface area contributed by atoms with Gasteiger partial charge in [0.1, 0.15) is 11.5 Å². The van der Waals surface area contributed by atoms with E-state index in [1.807, 2.05) is 37.3 Å². The summed E-state index contributed by atoms with van der Waals surface area (Å²) in [7, 11) is 0. The van der Waals surface area contributed by atoms with Crippen LogP contribution in [0.2, 0.25) is 5.02 Å². The van der Waals surface area contributed by atoms with Crippen molar-refractivity contribution in [2.45, 2.75) is 12.8 Å². The molecule has 0 bridgehead atoms. The van der Waals surface area contributed by atoms with Gasteiger partial charge in [0.25, 0.3) is 0 Å². The molecule has 2 aromatic carbocycles. The topological polar surface area (TPSA) is 9.23 Å². The van der Waals surface area contributed by atoms with Gasteiger partial charge in [0.05, 0.1) is 0 Å². The molecule has 0 fully saturated rings. The Kier molecular flexibility index (Phi) is 3.93. The molecule has 2 rings (SSSR count). The van der Waals surface area contributed by atoms with Crippen LogP contribution in [0.4, 0.5) is 0 Å². The fourth-order valence-corrected chi connectivity index (χ4v) is 1.95. The fraction of sp³-hybridized carbons (Fsp3) is 0.143. The first-order valence-corrected chi connectivity index (χ1v) is 6.19. The van der Waals surface area contributed by atoms with Crippen molar-refractivity contribution in [2.75, 3.05) is 0 Å². The summed E-state index contributed by atoms with van der Waals surface area (Å²) in [4.78, 5) is 0. The standard InChI is InChI=1S/C14H12Cl2O/c1-10-8-14(5-2-11(10)9-15)17-13-6-3-12(16)4-7-13/h2-8H,9H2,1H3. The zero-order chi connectivity index (χ0) is 12.3. The molecule has 0 saturated heterocycles. The van der Waals surface area contributed by atoms with Crippen molar-refractivity contribution in [3.05, 3.63) is 58.6 Å². The Hall–Kier alpha value is -1.18. The summed E-state index contributed by atoms with van der Waals surface area (Å²) in [6.07, 6.45) is 0. The monoisotopic (exact) mass is 266 g/mol. The summed E-state index contributed by atoms with van der Waals surface area (Å²) in [5, 5.41) is 0.700. The van der Waals surface area contributed by atoms with Gasteiger partial charge >= 0.3 is 0 Å². The molecule has 0 radical (unpaired) electrons. The Bertz CT molecular complexity index is 506. The quantitative estimate of drug-likeness (QED) is 0.696. The second-order valence-corrected chi connectivity index (χ2v) is 4.48. The van der Waals surface area contributed by atoms with E-state index in [4.69, 9.17) is 27.9 Å². The lowest BCUT2D eigenvalue weighted by Crippen LogP contribution is -1.88. The van der Waals surface area contributed by atoms with Gasteiger partial charge in [-0.05, 0) is 54.4 Å². The number of halogens is 2. The SMILES string of the molecule is Cc1cc(Oc2ccc(Cl)cc2)ccc1CCl. The maximum absolute atomic E-state index is 5.81. The zero-order valence-corrected chi connectivity index (χ0v) is 10.9. The molecule has 0 aromatic heterocycles. The van der Waals surface area contributed by atoms with Crippen molar-refractivity contribution in [3.8, 4) is 11.5 Å². The highest BCUT2D eigenvalue weighted by molar-refractivity contribution is 6.30. The summed E-state index contributed by atoms with van der Waals surface area (Å²) >= 11 is 11.6. The molecule has 0 N–H and O–H groups in total. The molecule has 3 heteroatoms. The lowest BCUT2D eigenvalue weighted by atomic mass is 10.1. The second kappa shape index (κ2) is 5.44. The highest BCUT2D eigenvalue weighted by Crippen LogP contribution is 2.25. The summed E-state index contributed by atoms with van der Waals surface area (Å²) in [6, 6.07) is 13.2. The average Bonchev–Trinajstić information content (AvgIpc) is 2.32. The van der Waals surface area contributed by atoms with Gasteiger partial charge in [0.15, 0.2) is 0 Å². The molecule has 0 heterocycles. The number of aryl methyl sites for hydroxylation is 1. The molecule has 0 unspecified atom stereocenters. The third-order valence-corrected chi connectivity index (χ3v) is 3.05. The molecule has 0 aliphatic rings. The van der Waals surface area contributed by atoms with Gasteiger partial charge in [-0.15, -0.1) is 11.6 Å². The number of alkyl halides is 1. The van der Waals surface area contributed by atoms with Crippen LogP contribution in [0.1, 0.15) is 11.1 Å². The first-order chi connectivity index (χ1) is 8.19. The van der Waals surface area contributed by atoms with Crippen LogP contribution >= 0.6 is 23.2 Å². The maximum atomic E-state index is 5.81. The third kappa shape index (κ3) is 3.15. The van der Waals surface area contributed by atoms with Crippen LogP contribution in [0.5, 0.6) is 11.5 Å². The van der Waals surface area contributed by atoms with E-state index in [0.717, 1.165) is 22.6 Å². The number of hydrogen-bond donors (Lipinski definition) is 0. The molecule has 0 saturated carbocycles. The minimum absolute atomic E-state index is 0.521. The van der Waals surface area contributed by atoms with E-state index >= 15 is 0 Å². The van der Waals surface area contributed by atoms with Crippen molar-refractivity contribution in [2.24, 2.45) is 0 Å². The predicted molar refractivity (Wildman–Crippen MR) is 72.3 cm³/mol. The van der Waals surface area contributed by atoms with E-state index < -0.39 is 0 Å². The number of hydrogen-bond acceptors (Lipinski definition) is 1. The summed E-state index contributed by atoms with van der Waals surface area (Å²) in [5.74, 6) is 2.10. The lowest BCUT2D eigenvalue weighted by molar-refractivity contribution is 0.482. The summed E-state index contributed by atoms with van der Waals surface area (Å²) < 4.78 is 5.71. The fourth-order valence-electron chi connectivity index (χ4n) is 1.52. The summed E-state index contributed by atoms with van der Waals surface area (Å²) in [6.45, 7) is 2.02. The Labute approximate surface area is 111 Å². The van der Waals surface area contributed by atoms with Gasteiger partial charge in [-0.2, -0.15) is 0 Å². The zero-order valence-electron chi connectivity index (χ0n) is 9.41. The Morgan fingerprint density at radius 3 is 2.24 bits per heavy atom. The first-order valence-electron chi connectivity index (χ1n) is 5.28. The van der Waals surface area contributed by atoms with Crippen LogP contribution in [-0.2, 0) is 5.88 Å². The van der Waals surface area contributed by atoms with E-state index in [9.17, 15) is 0 Å². The minimum Gasteiger partial charge on any atom is -0.457 e. The van der Waals surface area contributed by atoms with Crippen LogP contribution in [-0.4, -0.2) is 0 Å². The average molecular weight is 267 g/mol. The maximum Gasteiger partial charge on any atom is 0.127 e. The van der Waals surface area contributed by atoms with Gasteiger partial charge < -0.3 is 4.74 Å².